The zero-order valence-electron chi connectivity index (χ0n) is 35.6. The molecule has 62 heavy (non-hydrogen) atoms. The fraction of sp³-hybridized carbons (Fsp3) is 0.391. The lowest BCUT2D eigenvalue weighted by Crippen LogP contribution is -2.37. The van der Waals surface area contributed by atoms with E-state index in [-0.39, 0.29) is 41.6 Å². The molecule has 0 aliphatic carbocycles. The summed E-state index contributed by atoms with van der Waals surface area (Å²) in [6, 6.07) is 17.8. The van der Waals surface area contributed by atoms with Crippen molar-refractivity contribution in [3.8, 4) is 39.6 Å². The van der Waals surface area contributed by atoms with Crippen LogP contribution in [0.25, 0.3) is 22.1 Å². The number of aromatic nitrogens is 6. The molecule has 1 atom stereocenters. The number of rotatable bonds is 14. The third-order valence-corrected chi connectivity index (χ3v) is 13.4. The number of hydrogen-bond donors (Lipinski definition) is 4. The molecule has 6 aromatic rings. The summed E-state index contributed by atoms with van der Waals surface area (Å²) in [6.07, 6.45) is 3.23. The largest absolute Gasteiger partial charge is 0.508 e. The van der Waals surface area contributed by atoms with Crippen LogP contribution < -0.4 is 5.32 Å². The van der Waals surface area contributed by atoms with E-state index in [9.17, 15) is 20.1 Å². The molecule has 324 valence electrons. The molecule has 5 heterocycles. The van der Waals surface area contributed by atoms with Crippen LogP contribution in [0.5, 0.6) is 17.5 Å². The van der Waals surface area contributed by atoms with Gasteiger partial charge in [0.25, 0.3) is 0 Å². The van der Waals surface area contributed by atoms with Crippen molar-refractivity contribution in [1.29, 1.82) is 0 Å². The maximum atomic E-state index is 13.4. The number of thiophene rings is 1. The van der Waals surface area contributed by atoms with E-state index in [4.69, 9.17) is 21.3 Å². The fourth-order valence-electron chi connectivity index (χ4n) is 8.39. The predicted octanol–water partition coefficient (Wildman–Crippen LogP) is 7.77. The zero-order chi connectivity index (χ0) is 43.7. The molecule has 2 aliphatic heterocycles. The number of nitrogens with zero attached hydrogens (tertiary/aromatic N) is 8. The second kappa shape index (κ2) is 18.4. The normalized spacial score (nSPS) is 15.7. The van der Waals surface area contributed by atoms with E-state index in [1.165, 1.54) is 21.1 Å². The van der Waals surface area contributed by atoms with Gasteiger partial charge in [-0.15, -0.1) is 26.6 Å². The fourth-order valence-corrected chi connectivity index (χ4v) is 9.73. The van der Waals surface area contributed by atoms with Crippen molar-refractivity contribution in [1.82, 2.24) is 39.7 Å². The predicted molar refractivity (Wildman–Crippen MR) is 240 cm³/mol. The van der Waals surface area contributed by atoms with Crippen molar-refractivity contribution in [3.05, 3.63) is 110 Å². The van der Waals surface area contributed by atoms with Gasteiger partial charge in [0.2, 0.25) is 5.91 Å². The van der Waals surface area contributed by atoms with Crippen molar-refractivity contribution < 1.29 is 24.9 Å². The highest BCUT2D eigenvalue weighted by atomic mass is 35.5. The summed E-state index contributed by atoms with van der Waals surface area (Å²) in [7, 11) is 0. The number of aryl methyl sites for hydroxylation is 2. The molecule has 1 amide bonds. The topological polar surface area (TPSA) is 176 Å². The van der Waals surface area contributed by atoms with Gasteiger partial charge in [-0.3, -0.25) is 14.4 Å². The molecule has 0 spiro atoms. The Morgan fingerprint density at radius 1 is 0.919 bits per heavy atom. The van der Waals surface area contributed by atoms with Gasteiger partial charge in [-0.25, -0.2) is 4.57 Å². The van der Waals surface area contributed by atoms with Crippen molar-refractivity contribution in [3.63, 3.8) is 0 Å². The van der Waals surface area contributed by atoms with Crippen LogP contribution in [0.4, 0.5) is 0 Å². The highest BCUT2D eigenvalue weighted by Crippen LogP contribution is 2.41. The Hall–Kier alpha value is -5.61. The number of benzene rings is 3. The van der Waals surface area contributed by atoms with Gasteiger partial charge in [0.05, 0.1) is 36.6 Å². The van der Waals surface area contributed by atoms with Gasteiger partial charge in [0.15, 0.2) is 11.6 Å². The SMILES string of the molecule is Cc1sc2c(c1C)C(c1ccc(Cl)cc1)=N[C@@H](CC(=O)NCCOCCN1CCC(Cc3ccc(-n4c(O)nnc4-c4cc(C(C)C)c(O)cc4O)cc3)CC1)c1nnc(C)n1-2. The number of nitrogens with one attached hydrogen (secondary N) is 1. The highest BCUT2D eigenvalue weighted by molar-refractivity contribution is 7.15. The molecular weight excluding hydrogens is 826 g/mol. The number of phenols is 2. The number of fused-ring (bicyclic) bond motifs is 3. The number of aromatic hydroxyl groups is 3. The van der Waals surface area contributed by atoms with Gasteiger partial charge in [-0.2, -0.15) is 0 Å². The van der Waals surface area contributed by atoms with Crippen LogP contribution >= 0.6 is 22.9 Å². The lowest BCUT2D eigenvalue weighted by Gasteiger charge is -2.32. The Kier molecular flexibility index (Phi) is 12.8. The van der Waals surface area contributed by atoms with Crippen molar-refractivity contribution in [2.75, 3.05) is 39.4 Å². The molecule has 1 fully saturated rings. The minimum Gasteiger partial charge on any atom is -0.508 e. The van der Waals surface area contributed by atoms with E-state index < -0.39 is 6.04 Å². The number of phenolic OH excluding ortho intramolecular Hbond substituents is 2. The third kappa shape index (κ3) is 8.98. The minimum atomic E-state index is -0.529. The number of halogens is 1. The molecule has 0 bridgehead atoms. The maximum Gasteiger partial charge on any atom is 0.319 e. The van der Waals surface area contributed by atoms with E-state index in [1.54, 1.807) is 17.4 Å². The summed E-state index contributed by atoms with van der Waals surface area (Å²) < 4.78 is 9.51. The second-order valence-corrected chi connectivity index (χ2v) is 18.1. The summed E-state index contributed by atoms with van der Waals surface area (Å²) in [5.74, 6) is 1.98. The number of aliphatic imine (C=N–C) groups is 1. The Bertz CT molecular complexity index is 2590. The summed E-state index contributed by atoms with van der Waals surface area (Å²) in [5.41, 5.74) is 6.83. The number of likely N-dealkylation sites (tertiary alicyclic amines) is 1. The smallest absolute Gasteiger partial charge is 0.319 e. The number of piperidine rings is 1. The molecule has 8 rings (SSSR count). The summed E-state index contributed by atoms with van der Waals surface area (Å²) in [6.45, 7) is 14.3. The molecule has 4 N–H and O–H groups in total. The number of amides is 1. The number of carbonyl (C=O) groups excluding carboxylic acids is 1. The number of hydrogen-bond acceptors (Lipinski definition) is 12. The first-order valence-electron chi connectivity index (χ1n) is 21.1. The lowest BCUT2D eigenvalue weighted by atomic mass is 9.90. The highest BCUT2D eigenvalue weighted by Gasteiger charge is 2.32. The first-order valence-corrected chi connectivity index (χ1v) is 22.3. The minimum absolute atomic E-state index is 0.00687. The summed E-state index contributed by atoms with van der Waals surface area (Å²) in [4.78, 5) is 22.2. The van der Waals surface area contributed by atoms with Gasteiger partial charge in [0.1, 0.15) is 28.4 Å². The van der Waals surface area contributed by atoms with E-state index >= 15 is 0 Å². The Labute approximate surface area is 369 Å². The molecule has 14 nitrogen and oxygen atoms in total. The molecule has 3 aromatic carbocycles. The standard InChI is InChI=1S/C46H52ClN9O5S/c1-26(2)35-23-36(39(58)25-38(35)57)43-51-53-46(60)56(43)34-12-6-30(7-13-34)22-31-14-17-54(18-15-31)19-21-61-20-16-48-40(59)24-37-44-52-50-29(5)55(44)45-41(27(3)28(4)62-45)42(49-37)32-8-10-33(47)11-9-32/h6-13,23,25-26,31,37,57-58H,14-22,24H2,1-5H3,(H,48,59)(H,53,60)/t37-/m0/s1. The molecule has 1 saturated heterocycles. The first kappa shape index (κ1) is 43.1. The molecule has 3 aromatic heterocycles. The van der Waals surface area contributed by atoms with Crippen molar-refractivity contribution in [2.45, 2.75) is 72.3 Å². The monoisotopic (exact) mass is 877 g/mol. The molecule has 16 heteroatoms. The quantitative estimate of drug-likeness (QED) is 0.0792. The third-order valence-electron chi connectivity index (χ3n) is 11.9. The van der Waals surface area contributed by atoms with Crippen LogP contribution in [0.1, 0.15) is 89.4 Å². The zero-order valence-corrected chi connectivity index (χ0v) is 37.2. The lowest BCUT2D eigenvalue weighted by molar-refractivity contribution is -0.121. The number of ether oxygens (including phenoxy) is 1. The molecule has 0 unspecified atom stereocenters. The second-order valence-electron chi connectivity index (χ2n) is 16.5. The van der Waals surface area contributed by atoms with Gasteiger partial charge in [0, 0.05) is 40.2 Å². The van der Waals surface area contributed by atoms with Crippen LogP contribution in [0.2, 0.25) is 5.02 Å². The summed E-state index contributed by atoms with van der Waals surface area (Å²) >= 11 is 7.93. The van der Waals surface area contributed by atoms with Crippen LogP contribution in [-0.2, 0) is 16.0 Å². The van der Waals surface area contributed by atoms with E-state index in [0.717, 1.165) is 72.1 Å². The first-order chi connectivity index (χ1) is 29.9. The van der Waals surface area contributed by atoms with Crippen LogP contribution in [0, 0.1) is 26.7 Å². The van der Waals surface area contributed by atoms with Crippen molar-refractivity contribution in [2.24, 2.45) is 10.9 Å². The van der Waals surface area contributed by atoms with E-state index in [0.29, 0.717) is 53.3 Å². The van der Waals surface area contributed by atoms with Gasteiger partial charge < -0.3 is 30.3 Å². The number of carbonyl (C=O) groups is 1. The average molecular weight is 878 g/mol. The molecule has 2 aliphatic rings. The average Bonchev–Trinajstić information content (AvgIpc) is 3.89. The van der Waals surface area contributed by atoms with Gasteiger partial charge in [-0.05, 0) is 112 Å². The van der Waals surface area contributed by atoms with Crippen LogP contribution in [-0.4, -0.2) is 101 Å². The Morgan fingerprint density at radius 3 is 2.39 bits per heavy atom. The molecule has 0 saturated carbocycles. The van der Waals surface area contributed by atoms with E-state index in [2.05, 4.69) is 56.6 Å². The van der Waals surface area contributed by atoms with E-state index in [1.807, 2.05) is 61.7 Å². The molecular formula is C46H52ClN9O5S. The van der Waals surface area contributed by atoms with Gasteiger partial charge in [-0.1, -0.05) is 54.8 Å². The summed E-state index contributed by atoms with van der Waals surface area (Å²) in [5, 5.41) is 53.2. The van der Waals surface area contributed by atoms with Crippen LogP contribution in [0.15, 0.2) is 65.7 Å². The van der Waals surface area contributed by atoms with Gasteiger partial charge >= 0.3 is 6.01 Å². The molecule has 0 radical (unpaired) electrons. The Morgan fingerprint density at radius 2 is 1.66 bits per heavy atom. The van der Waals surface area contributed by atoms with Crippen LogP contribution in [0.3, 0.4) is 0 Å². The Balaban J connectivity index is 0.792. The maximum absolute atomic E-state index is 13.4. The van der Waals surface area contributed by atoms with Crippen molar-refractivity contribution >= 4 is 34.6 Å².